The average Bonchev–Trinajstić information content (AvgIpc) is 3.40. The molecule has 3 atom stereocenters. The molecule has 0 spiro atoms. The Hall–Kier alpha value is -5.87. The number of benzene rings is 2. The average molecular weight is 765 g/mol. The van der Waals surface area contributed by atoms with Gasteiger partial charge in [0.2, 0.25) is 0 Å². The predicted octanol–water partition coefficient (Wildman–Crippen LogP) is 12.8. The minimum Gasteiger partial charge on any atom is -0.340 e. The highest BCUT2D eigenvalue weighted by Crippen LogP contribution is 2.38. The number of hydrogen-bond donors (Lipinski definition) is 1. The van der Waals surface area contributed by atoms with E-state index < -0.39 is 0 Å². The maximum absolute atomic E-state index is 5.27. The lowest BCUT2D eigenvalue weighted by Crippen LogP contribution is -2.33. The summed E-state index contributed by atoms with van der Waals surface area (Å²) in [6, 6.07) is 22.4. The van der Waals surface area contributed by atoms with E-state index in [9.17, 15) is 0 Å². The predicted molar refractivity (Wildman–Crippen MR) is 250 cm³/mol. The lowest BCUT2D eigenvalue weighted by atomic mass is 9.88. The number of nitrogens with one attached hydrogen (secondary N) is 1. The van der Waals surface area contributed by atoms with E-state index in [1.807, 2.05) is 0 Å². The van der Waals surface area contributed by atoms with Crippen LogP contribution >= 0.6 is 0 Å². The summed E-state index contributed by atoms with van der Waals surface area (Å²) in [7, 11) is 0. The van der Waals surface area contributed by atoms with Gasteiger partial charge in [-0.3, -0.25) is 0 Å². The van der Waals surface area contributed by atoms with Gasteiger partial charge in [0.1, 0.15) is 5.82 Å². The van der Waals surface area contributed by atoms with E-state index >= 15 is 0 Å². The van der Waals surface area contributed by atoms with Gasteiger partial charge in [-0.05, 0) is 106 Å². The van der Waals surface area contributed by atoms with Crippen LogP contribution in [-0.2, 0) is 6.42 Å². The Kier molecular flexibility index (Phi) is 13.6. The second-order valence-corrected chi connectivity index (χ2v) is 15.4. The number of nitrogens with zero attached hydrogens (tertiary/aromatic N) is 3. The van der Waals surface area contributed by atoms with Crippen molar-refractivity contribution >= 4 is 34.6 Å². The number of rotatable bonds is 15. The molecule has 4 heteroatoms. The maximum Gasteiger partial charge on any atom is 0.132 e. The molecular weight excluding hydrogens is 705 g/mol. The van der Waals surface area contributed by atoms with Gasteiger partial charge < -0.3 is 14.8 Å². The molecule has 1 aliphatic heterocycles. The van der Waals surface area contributed by atoms with Crippen LogP contribution in [0.25, 0.3) is 28.7 Å². The Bertz CT molecular complexity index is 2490. The molecule has 0 saturated heterocycles. The summed E-state index contributed by atoms with van der Waals surface area (Å²) in [5.74, 6) is 1.35. The molecule has 0 fully saturated rings. The van der Waals surface area contributed by atoms with Crippen LogP contribution in [0, 0.1) is 5.92 Å². The van der Waals surface area contributed by atoms with E-state index in [4.69, 9.17) is 4.98 Å². The highest BCUT2D eigenvalue weighted by atomic mass is 15.2. The molecule has 2 aromatic carbocycles. The van der Waals surface area contributed by atoms with Gasteiger partial charge >= 0.3 is 0 Å². The SMILES string of the molecule is C/C=C\C/C=C\Cc1cc(-n2c3c(c4ccccc42)=CC2=CC(C=3)C(CC)=C(/C=C\CC)N2C(C)/C=C\C=C/CC)cc(Nc2ccccc2C2C=CC=CCC2)n1. The van der Waals surface area contributed by atoms with Gasteiger partial charge in [-0.15, -0.1) is 0 Å². The zero-order valence-electron chi connectivity index (χ0n) is 35.1. The summed E-state index contributed by atoms with van der Waals surface area (Å²) in [6.45, 7) is 11.1. The normalized spacial score (nSPS) is 18.7. The molecule has 0 amide bonds. The summed E-state index contributed by atoms with van der Waals surface area (Å²) >= 11 is 0. The van der Waals surface area contributed by atoms with Gasteiger partial charge in [0, 0.05) is 63.7 Å². The van der Waals surface area contributed by atoms with Crippen molar-refractivity contribution in [3.05, 3.63) is 191 Å². The first-order valence-electron chi connectivity index (χ1n) is 21.6. The second-order valence-electron chi connectivity index (χ2n) is 15.4. The topological polar surface area (TPSA) is 33.1 Å². The molecule has 58 heavy (non-hydrogen) atoms. The van der Waals surface area contributed by atoms with Crippen molar-refractivity contribution in [1.29, 1.82) is 0 Å². The standard InChI is InChI=1S/C54H60N4/c1-6-10-13-15-21-29-43-37-45(39-54(55-43)56-50-32-24-22-30-47(50)41-27-19-16-17-20-28-41)58-52-34-25-23-31-48(52)49-38-44-35-42(36-53(49)58)46(9-4)51(33-12-8-3)57(44)40(5)26-18-14-11-7-2/h6,10-12,14-19,21-27,30-42H,7-9,13,20,28-29H2,1-5H3,(H,55,56)/b10-6-,14-11-,21-15-,26-18-,33-12-. The first-order valence-corrected chi connectivity index (χ1v) is 21.6. The first-order chi connectivity index (χ1) is 28.5. The largest absolute Gasteiger partial charge is 0.340 e. The summed E-state index contributed by atoms with van der Waals surface area (Å²) in [5, 5.41) is 7.56. The summed E-state index contributed by atoms with van der Waals surface area (Å²) in [4.78, 5) is 7.82. The van der Waals surface area contributed by atoms with Crippen molar-refractivity contribution in [3.8, 4) is 5.69 Å². The van der Waals surface area contributed by atoms with Gasteiger partial charge in [-0.1, -0.05) is 136 Å². The Morgan fingerprint density at radius 2 is 1.74 bits per heavy atom. The first kappa shape index (κ1) is 40.3. The van der Waals surface area contributed by atoms with Gasteiger partial charge in [0.25, 0.3) is 0 Å². The molecule has 296 valence electrons. The van der Waals surface area contributed by atoms with Crippen LogP contribution in [0.4, 0.5) is 11.5 Å². The van der Waals surface area contributed by atoms with Crippen molar-refractivity contribution in [3.63, 3.8) is 0 Å². The fraction of sp³-hybridized carbons (Fsp3) is 0.278. The van der Waals surface area contributed by atoms with E-state index in [1.165, 1.54) is 44.0 Å². The quantitative estimate of drug-likeness (QED) is 0.0967. The highest BCUT2D eigenvalue weighted by Gasteiger charge is 2.29. The zero-order valence-corrected chi connectivity index (χ0v) is 35.1. The fourth-order valence-corrected chi connectivity index (χ4v) is 8.57. The van der Waals surface area contributed by atoms with Crippen molar-refractivity contribution in [2.24, 2.45) is 5.92 Å². The van der Waals surface area contributed by atoms with Gasteiger partial charge in [-0.2, -0.15) is 0 Å². The summed E-state index contributed by atoms with van der Waals surface area (Å²) < 4.78 is 2.49. The van der Waals surface area contributed by atoms with E-state index in [2.05, 4.69) is 213 Å². The van der Waals surface area contributed by atoms with Gasteiger partial charge in [0.15, 0.2) is 0 Å². The highest BCUT2D eigenvalue weighted by molar-refractivity contribution is 5.86. The molecule has 1 N–H and O–H groups in total. The Morgan fingerprint density at radius 3 is 2.59 bits per heavy atom. The number of aromatic nitrogens is 2. The molecule has 0 saturated carbocycles. The van der Waals surface area contributed by atoms with Gasteiger partial charge in [-0.25, -0.2) is 4.98 Å². The number of allylic oxidation sites excluding steroid dienone is 16. The molecule has 3 unspecified atom stereocenters. The van der Waals surface area contributed by atoms with E-state index in [-0.39, 0.29) is 12.0 Å². The van der Waals surface area contributed by atoms with Crippen molar-refractivity contribution in [2.45, 2.75) is 91.5 Å². The Morgan fingerprint density at radius 1 is 0.897 bits per heavy atom. The molecule has 0 radical (unpaired) electrons. The fourth-order valence-electron chi connectivity index (χ4n) is 8.57. The third-order valence-corrected chi connectivity index (χ3v) is 11.4. The molecular formula is C54H60N4. The molecule has 4 aromatic rings. The van der Waals surface area contributed by atoms with Crippen LogP contribution in [-0.4, -0.2) is 20.5 Å². The summed E-state index contributed by atoms with van der Waals surface area (Å²) in [5.41, 5.74) is 9.74. The van der Waals surface area contributed by atoms with Crippen LogP contribution in [0.2, 0.25) is 0 Å². The molecule has 3 aliphatic rings. The van der Waals surface area contributed by atoms with Crippen molar-refractivity contribution < 1.29 is 0 Å². The smallest absolute Gasteiger partial charge is 0.132 e. The number of hydrogen-bond acceptors (Lipinski definition) is 3. The Balaban J connectivity index is 1.41. The maximum atomic E-state index is 5.27. The zero-order chi connectivity index (χ0) is 40.3. The molecule has 2 aliphatic carbocycles. The van der Waals surface area contributed by atoms with Gasteiger partial charge in [0.05, 0.1) is 16.6 Å². The van der Waals surface area contributed by atoms with E-state index in [1.54, 1.807) is 0 Å². The number of para-hydroxylation sites is 2. The van der Waals surface area contributed by atoms with Crippen molar-refractivity contribution in [1.82, 2.24) is 14.5 Å². The van der Waals surface area contributed by atoms with Crippen LogP contribution in [0.3, 0.4) is 0 Å². The molecule has 2 bridgehead atoms. The molecule has 7 rings (SSSR count). The third-order valence-electron chi connectivity index (χ3n) is 11.4. The molecule has 4 nitrogen and oxygen atoms in total. The van der Waals surface area contributed by atoms with Crippen LogP contribution < -0.4 is 15.9 Å². The molecule has 3 heterocycles. The van der Waals surface area contributed by atoms with Crippen LogP contribution in [0.15, 0.2) is 169 Å². The van der Waals surface area contributed by atoms with Crippen LogP contribution in [0.5, 0.6) is 0 Å². The van der Waals surface area contributed by atoms with E-state index in [0.29, 0.717) is 5.92 Å². The minimum absolute atomic E-state index is 0.159. The monoisotopic (exact) mass is 764 g/mol. The lowest BCUT2D eigenvalue weighted by Gasteiger charge is -2.38. The van der Waals surface area contributed by atoms with E-state index in [0.717, 1.165) is 67.8 Å². The second kappa shape index (κ2) is 19.5. The summed E-state index contributed by atoms with van der Waals surface area (Å²) in [6.07, 6.45) is 45.6. The Labute approximate surface area is 346 Å². The minimum atomic E-state index is 0.159. The number of fused-ring (bicyclic) bond motifs is 4. The van der Waals surface area contributed by atoms with Crippen LogP contribution in [0.1, 0.15) is 90.3 Å². The number of anilines is 2. The number of pyridine rings is 1. The third kappa shape index (κ3) is 8.97. The van der Waals surface area contributed by atoms with Crippen molar-refractivity contribution in [2.75, 3.05) is 5.32 Å². The lowest BCUT2D eigenvalue weighted by molar-refractivity contribution is 0.391. The molecule has 2 aromatic heterocycles.